The van der Waals surface area contributed by atoms with Crippen molar-refractivity contribution < 1.29 is 9.32 Å². The Morgan fingerprint density at radius 3 is 2.46 bits per heavy atom. The van der Waals surface area contributed by atoms with Crippen LogP contribution in [-0.4, -0.2) is 67.1 Å². The molecule has 9 heteroatoms. The molecule has 2 aromatic rings. The van der Waals surface area contributed by atoms with E-state index in [1.807, 2.05) is 30.3 Å². The van der Waals surface area contributed by atoms with Gasteiger partial charge in [0.2, 0.25) is 0 Å². The SMILES string of the molecule is CN=C(NCc1ccc(C(=O)NC)cc1)N1CCN(Cc2ccon2)CC1.I. The van der Waals surface area contributed by atoms with Crippen molar-refractivity contribution in [2.24, 2.45) is 4.99 Å². The lowest BCUT2D eigenvalue weighted by molar-refractivity contribution is 0.0963. The number of aromatic nitrogens is 1. The molecule has 0 spiro atoms. The molecular weight excluding hydrogens is 471 g/mol. The molecular formula is C19H27IN6O2. The topological polar surface area (TPSA) is 86.0 Å². The van der Waals surface area contributed by atoms with Crippen molar-refractivity contribution in [2.75, 3.05) is 40.3 Å². The fraction of sp³-hybridized carbons (Fsp3) is 0.421. The summed E-state index contributed by atoms with van der Waals surface area (Å²) in [5.41, 5.74) is 2.73. The van der Waals surface area contributed by atoms with Crippen molar-refractivity contribution in [3.63, 3.8) is 0 Å². The molecule has 2 N–H and O–H groups in total. The third-order valence-corrected chi connectivity index (χ3v) is 4.65. The number of guanidine groups is 1. The number of nitrogens with zero attached hydrogens (tertiary/aromatic N) is 4. The van der Waals surface area contributed by atoms with Crippen molar-refractivity contribution in [1.29, 1.82) is 0 Å². The van der Waals surface area contributed by atoms with Gasteiger partial charge in [0.15, 0.2) is 5.96 Å². The summed E-state index contributed by atoms with van der Waals surface area (Å²) in [6, 6.07) is 9.49. The van der Waals surface area contributed by atoms with Gasteiger partial charge in [-0.25, -0.2) is 0 Å². The van der Waals surface area contributed by atoms with Gasteiger partial charge in [0.05, 0.1) is 5.69 Å². The zero-order valence-electron chi connectivity index (χ0n) is 16.2. The second-order valence-electron chi connectivity index (χ2n) is 6.43. The second kappa shape index (κ2) is 11.0. The molecule has 1 fully saturated rings. The zero-order chi connectivity index (χ0) is 19.1. The lowest BCUT2D eigenvalue weighted by Gasteiger charge is -2.36. The Labute approximate surface area is 182 Å². The molecule has 0 unspecified atom stereocenters. The van der Waals surface area contributed by atoms with Crippen molar-refractivity contribution in [1.82, 2.24) is 25.6 Å². The van der Waals surface area contributed by atoms with Gasteiger partial charge in [0, 0.05) is 65.0 Å². The van der Waals surface area contributed by atoms with Crippen LogP contribution in [0.5, 0.6) is 0 Å². The molecule has 2 heterocycles. The first-order chi connectivity index (χ1) is 13.2. The van der Waals surface area contributed by atoms with Gasteiger partial charge in [-0.3, -0.25) is 14.7 Å². The lowest BCUT2D eigenvalue weighted by atomic mass is 10.1. The van der Waals surface area contributed by atoms with E-state index in [-0.39, 0.29) is 29.9 Å². The number of hydrogen-bond acceptors (Lipinski definition) is 5. The molecule has 1 saturated heterocycles. The van der Waals surface area contributed by atoms with Crippen molar-refractivity contribution in [2.45, 2.75) is 13.1 Å². The van der Waals surface area contributed by atoms with Crippen LogP contribution in [0.25, 0.3) is 0 Å². The Morgan fingerprint density at radius 1 is 1.18 bits per heavy atom. The Balaban J connectivity index is 0.00000280. The Bertz CT molecular complexity index is 755. The van der Waals surface area contributed by atoms with Crippen LogP contribution in [0.1, 0.15) is 21.6 Å². The number of carbonyl (C=O) groups excluding carboxylic acids is 1. The monoisotopic (exact) mass is 498 g/mol. The molecule has 0 bridgehead atoms. The Morgan fingerprint density at radius 2 is 1.89 bits per heavy atom. The molecule has 0 saturated carbocycles. The molecule has 0 atom stereocenters. The summed E-state index contributed by atoms with van der Waals surface area (Å²) >= 11 is 0. The van der Waals surface area contributed by atoms with Crippen LogP contribution >= 0.6 is 24.0 Å². The minimum absolute atomic E-state index is 0. The summed E-state index contributed by atoms with van der Waals surface area (Å²) in [5, 5.41) is 10.0. The first-order valence-electron chi connectivity index (χ1n) is 9.08. The van der Waals surface area contributed by atoms with Crippen LogP contribution in [0, 0.1) is 0 Å². The van der Waals surface area contributed by atoms with E-state index >= 15 is 0 Å². The Hall–Kier alpha value is -2.14. The highest BCUT2D eigenvalue weighted by atomic mass is 127. The molecule has 28 heavy (non-hydrogen) atoms. The molecule has 152 valence electrons. The standard InChI is InChI=1S/C19H26N6O2.HI/c1-20-18(26)16-5-3-15(4-6-16)13-22-19(21-2)25-10-8-24(9-11-25)14-17-7-12-27-23-17;/h3-7,12H,8-11,13-14H2,1-2H3,(H,20,26)(H,21,22);1H. The van der Waals surface area contributed by atoms with Crippen LogP contribution in [-0.2, 0) is 13.1 Å². The smallest absolute Gasteiger partial charge is 0.251 e. The average Bonchev–Trinajstić information content (AvgIpc) is 3.22. The third kappa shape index (κ3) is 5.93. The van der Waals surface area contributed by atoms with Crippen molar-refractivity contribution in [3.05, 3.63) is 53.4 Å². The van der Waals surface area contributed by atoms with Crippen LogP contribution in [0.2, 0.25) is 0 Å². The molecule has 1 aliphatic heterocycles. The van der Waals surface area contributed by atoms with Gasteiger partial charge < -0.3 is 20.1 Å². The van der Waals surface area contributed by atoms with E-state index in [1.165, 1.54) is 0 Å². The summed E-state index contributed by atoms with van der Waals surface area (Å²) in [6.45, 7) is 5.21. The maximum atomic E-state index is 11.6. The first kappa shape index (κ1) is 22.2. The number of halogens is 1. The van der Waals surface area contributed by atoms with E-state index in [1.54, 1.807) is 20.4 Å². The van der Waals surface area contributed by atoms with Crippen LogP contribution in [0.3, 0.4) is 0 Å². The largest absolute Gasteiger partial charge is 0.364 e. The summed E-state index contributed by atoms with van der Waals surface area (Å²) < 4.78 is 4.90. The van der Waals surface area contributed by atoms with Gasteiger partial charge in [0.1, 0.15) is 6.26 Å². The van der Waals surface area contributed by atoms with E-state index < -0.39 is 0 Å². The predicted octanol–water partition coefficient (Wildman–Crippen LogP) is 1.55. The van der Waals surface area contributed by atoms with Gasteiger partial charge in [-0.1, -0.05) is 17.3 Å². The summed E-state index contributed by atoms with van der Waals surface area (Å²) in [6.07, 6.45) is 1.61. The number of piperazine rings is 1. The molecule has 1 aromatic carbocycles. The molecule has 1 aromatic heterocycles. The summed E-state index contributed by atoms with van der Waals surface area (Å²) in [4.78, 5) is 20.6. The van der Waals surface area contributed by atoms with E-state index in [0.29, 0.717) is 12.1 Å². The zero-order valence-corrected chi connectivity index (χ0v) is 18.6. The van der Waals surface area contributed by atoms with E-state index in [2.05, 4.69) is 30.6 Å². The molecule has 1 aliphatic rings. The summed E-state index contributed by atoms with van der Waals surface area (Å²) in [5.74, 6) is 0.820. The number of hydrogen-bond donors (Lipinski definition) is 2. The first-order valence-corrected chi connectivity index (χ1v) is 9.08. The van der Waals surface area contributed by atoms with Crippen molar-refractivity contribution in [3.8, 4) is 0 Å². The number of rotatable bonds is 5. The lowest BCUT2D eigenvalue weighted by Crippen LogP contribution is -2.52. The number of amides is 1. The van der Waals surface area contributed by atoms with E-state index in [9.17, 15) is 4.79 Å². The second-order valence-corrected chi connectivity index (χ2v) is 6.43. The highest BCUT2D eigenvalue weighted by Gasteiger charge is 2.20. The van der Waals surface area contributed by atoms with Crippen LogP contribution < -0.4 is 10.6 Å². The number of carbonyl (C=O) groups is 1. The van der Waals surface area contributed by atoms with Gasteiger partial charge >= 0.3 is 0 Å². The Kier molecular flexibility index (Phi) is 8.71. The molecule has 3 rings (SSSR count). The van der Waals surface area contributed by atoms with E-state index in [0.717, 1.165) is 49.9 Å². The van der Waals surface area contributed by atoms with Gasteiger partial charge in [-0.2, -0.15) is 0 Å². The molecule has 0 aliphatic carbocycles. The predicted molar refractivity (Wildman–Crippen MR) is 119 cm³/mol. The minimum atomic E-state index is -0.0752. The maximum Gasteiger partial charge on any atom is 0.251 e. The highest BCUT2D eigenvalue weighted by molar-refractivity contribution is 14.0. The highest BCUT2D eigenvalue weighted by Crippen LogP contribution is 2.08. The number of aliphatic imine (C=N–C) groups is 1. The maximum absolute atomic E-state index is 11.6. The van der Waals surface area contributed by atoms with Crippen LogP contribution in [0.15, 0.2) is 46.1 Å². The molecule has 0 radical (unpaired) electrons. The van der Waals surface area contributed by atoms with Crippen molar-refractivity contribution >= 4 is 35.8 Å². The number of benzene rings is 1. The average molecular weight is 498 g/mol. The van der Waals surface area contributed by atoms with Gasteiger partial charge in [-0.05, 0) is 17.7 Å². The quantitative estimate of drug-likeness (QED) is 0.370. The van der Waals surface area contributed by atoms with E-state index in [4.69, 9.17) is 4.52 Å². The fourth-order valence-electron chi connectivity index (χ4n) is 3.10. The normalized spacial score (nSPS) is 15.1. The molecule has 8 nitrogen and oxygen atoms in total. The minimum Gasteiger partial charge on any atom is -0.364 e. The third-order valence-electron chi connectivity index (χ3n) is 4.65. The number of nitrogens with one attached hydrogen (secondary N) is 2. The van der Waals surface area contributed by atoms with Gasteiger partial charge in [0.25, 0.3) is 5.91 Å². The molecule has 1 amide bonds. The fourth-order valence-corrected chi connectivity index (χ4v) is 3.10. The van der Waals surface area contributed by atoms with Gasteiger partial charge in [-0.15, -0.1) is 24.0 Å². The summed E-state index contributed by atoms with van der Waals surface area (Å²) in [7, 11) is 3.44. The van der Waals surface area contributed by atoms with Crippen LogP contribution in [0.4, 0.5) is 0 Å².